The van der Waals surface area contributed by atoms with Crippen LogP contribution in [0.2, 0.25) is 0 Å². The van der Waals surface area contributed by atoms with Gasteiger partial charge in [0.2, 0.25) is 0 Å². The molecule has 0 saturated carbocycles. The van der Waals surface area contributed by atoms with Crippen molar-refractivity contribution >= 4 is 0 Å². The molecule has 1 aromatic carbocycles. The van der Waals surface area contributed by atoms with Crippen LogP contribution >= 0.6 is 0 Å². The van der Waals surface area contributed by atoms with Crippen LogP contribution in [-0.2, 0) is 0 Å². The Bertz CT molecular complexity index is 350. The first-order chi connectivity index (χ1) is 7.97. The van der Waals surface area contributed by atoms with E-state index in [1.165, 1.54) is 18.2 Å². The molecule has 17 heavy (non-hydrogen) atoms. The number of rotatable bonds is 5. The normalized spacial score (nSPS) is 16.6. The lowest BCUT2D eigenvalue weighted by Gasteiger charge is -2.24. The summed E-state index contributed by atoms with van der Waals surface area (Å²) in [6.45, 7) is 5.51. The molecule has 0 aliphatic carbocycles. The fourth-order valence-electron chi connectivity index (χ4n) is 1.72. The Morgan fingerprint density at radius 1 is 1.18 bits per heavy atom. The maximum absolute atomic E-state index is 13.5. The molecule has 0 saturated heterocycles. The van der Waals surface area contributed by atoms with Crippen LogP contribution in [0.1, 0.15) is 32.4 Å². The largest absolute Gasteiger partial charge is 0.396 e. The number of hydrogen-bond acceptors (Lipinski definition) is 2. The molecular formula is C13H19F2NO. The van der Waals surface area contributed by atoms with Gasteiger partial charge in [-0.3, -0.25) is 0 Å². The van der Waals surface area contributed by atoms with E-state index in [9.17, 15) is 8.78 Å². The molecule has 0 bridgehead atoms. The van der Waals surface area contributed by atoms with E-state index < -0.39 is 17.7 Å². The third-order valence-electron chi connectivity index (χ3n) is 3.09. The van der Waals surface area contributed by atoms with Crippen molar-refractivity contribution in [3.05, 3.63) is 35.4 Å². The molecule has 96 valence electrons. The van der Waals surface area contributed by atoms with Gasteiger partial charge in [-0.2, -0.15) is 0 Å². The van der Waals surface area contributed by atoms with Crippen molar-refractivity contribution < 1.29 is 13.9 Å². The summed E-state index contributed by atoms with van der Waals surface area (Å²) in [6.07, 6.45) is 0. The van der Waals surface area contributed by atoms with E-state index in [2.05, 4.69) is 5.32 Å². The minimum atomic E-state index is -0.547. The van der Waals surface area contributed by atoms with E-state index in [0.717, 1.165) is 0 Å². The second kappa shape index (κ2) is 6.07. The average molecular weight is 243 g/mol. The molecule has 2 nitrogen and oxygen atoms in total. The number of nitrogens with one attached hydrogen (secondary N) is 1. The molecule has 3 unspecified atom stereocenters. The van der Waals surface area contributed by atoms with Crippen molar-refractivity contribution in [2.75, 3.05) is 6.61 Å². The summed E-state index contributed by atoms with van der Waals surface area (Å²) in [5.41, 5.74) is 0.0458. The van der Waals surface area contributed by atoms with E-state index in [1.54, 1.807) is 6.92 Å². The predicted molar refractivity (Wildman–Crippen MR) is 63.6 cm³/mol. The number of benzene rings is 1. The highest BCUT2D eigenvalue weighted by Gasteiger charge is 2.19. The summed E-state index contributed by atoms with van der Waals surface area (Å²) < 4.78 is 27.0. The van der Waals surface area contributed by atoms with Crippen LogP contribution in [0.25, 0.3) is 0 Å². The van der Waals surface area contributed by atoms with Gasteiger partial charge in [-0.1, -0.05) is 13.0 Å². The lowest BCUT2D eigenvalue weighted by molar-refractivity contribution is 0.201. The van der Waals surface area contributed by atoms with E-state index in [4.69, 9.17) is 5.11 Å². The Kier molecular flexibility index (Phi) is 5.02. The second-order valence-corrected chi connectivity index (χ2v) is 4.47. The Hall–Kier alpha value is -1.00. The van der Waals surface area contributed by atoms with E-state index >= 15 is 0 Å². The van der Waals surface area contributed by atoms with Gasteiger partial charge in [0.05, 0.1) is 0 Å². The molecule has 0 radical (unpaired) electrons. The summed E-state index contributed by atoms with van der Waals surface area (Å²) in [6, 6.07) is 3.39. The minimum absolute atomic E-state index is 0.0194. The monoisotopic (exact) mass is 243 g/mol. The van der Waals surface area contributed by atoms with Gasteiger partial charge in [-0.25, -0.2) is 8.78 Å². The second-order valence-electron chi connectivity index (χ2n) is 4.47. The molecule has 1 aromatic rings. The third kappa shape index (κ3) is 3.48. The molecule has 0 aliphatic heterocycles. The molecule has 0 fully saturated rings. The van der Waals surface area contributed by atoms with Crippen molar-refractivity contribution in [2.45, 2.75) is 32.9 Å². The first-order valence-corrected chi connectivity index (χ1v) is 5.78. The number of hydrogen-bond donors (Lipinski definition) is 2. The lowest BCUT2D eigenvalue weighted by atomic mass is 10.0. The summed E-state index contributed by atoms with van der Waals surface area (Å²) in [5.74, 6) is -1.06. The molecule has 0 amide bonds. The maximum Gasteiger partial charge on any atom is 0.130 e. The molecule has 1 rings (SSSR count). The Balaban J connectivity index is 2.79. The molecule has 0 heterocycles. The van der Waals surface area contributed by atoms with Crippen molar-refractivity contribution in [1.29, 1.82) is 0 Å². The standard InChI is InChI=1S/C13H19F2NO/c1-8(7-17)9(2)16-10(3)13-11(14)5-4-6-12(13)15/h4-6,8-10,16-17H,7H2,1-3H3. The van der Waals surface area contributed by atoms with E-state index in [0.29, 0.717) is 0 Å². The number of aliphatic hydroxyl groups excluding tert-OH is 1. The fraction of sp³-hybridized carbons (Fsp3) is 0.538. The number of aliphatic hydroxyl groups is 1. The highest BCUT2D eigenvalue weighted by atomic mass is 19.1. The molecular weight excluding hydrogens is 224 g/mol. The minimum Gasteiger partial charge on any atom is -0.396 e. The van der Waals surface area contributed by atoms with Gasteiger partial charge < -0.3 is 10.4 Å². The van der Waals surface area contributed by atoms with Gasteiger partial charge in [0.15, 0.2) is 0 Å². The van der Waals surface area contributed by atoms with Crippen LogP contribution in [0.5, 0.6) is 0 Å². The van der Waals surface area contributed by atoms with Crippen LogP contribution in [0.3, 0.4) is 0 Å². The van der Waals surface area contributed by atoms with Gasteiger partial charge in [-0.15, -0.1) is 0 Å². The van der Waals surface area contributed by atoms with E-state index in [-0.39, 0.29) is 24.1 Å². The quantitative estimate of drug-likeness (QED) is 0.833. The van der Waals surface area contributed by atoms with Gasteiger partial charge in [0, 0.05) is 24.3 Å². The highest BCUT2D eigenvalue weighted by molar-refractivity contribution is 5.22. The topological polar surface area (TPSA) is 32.3 Å². The molecule has 2 N–H and O–H groups in total. The Morgan fingerprint density at radius 2 is 1.71 bits per heavy atom. The van der Waals surface area contributed by atoms with Crippen molar-refractivity contribution in [3.8, 4) is 0 Å². The zero-order chi connectivity index (χ0) is 13.0. The van der Waals surface area contributed by atoms with Crippen LogP contribution < -0.4 is 5.32 Å². The van der Waals surface area contributed by atoms with Crippen molar-refractivity contribution in [1.82, 2.24) is 5.32 Å². The van der Waals surface area contributed by atoms with E-state index in [1.807, 2.05) is 13.8 Å². The average Bonchev–Trinajstić information content (AvgIpc) is 2.27. The van der Waals surface area contributed by atoms with Gasteiger partial charge in [0.1, 0.15) is 11.6 Å². The summed E-state index contributed by atoms with van der Waals surface area (Å²) >= 11 is 0. The maximum atomic E-state index is 13.5. The van der Waals surface area contributed by atoms with Gasteiger partial charge >= 0.3 is 0 Å². The van der Waals surface area contributed by atoms with Crippen LogP contribution in [0.4, 0.5) is 8.78 Å². The van der Waals surface area contributed by atoms with Crippen LogP contribution in [0.15, 0.2) is 18.2 Å². The van der Waals surface area contributed by atoms with Gasteiger partial charge in [0.25, 0.3) is 0 Å². The smallest absolute Gasteiger partial charge is 0.130 e. The summed E-state index contributed by atoms with van der Waals surface area (Å²) in [4.78, 5) is 0. The predicted octanol–water partition coefficient (Wildman–Crippen LogP) is 2.63. The zero-order valence-corrected chi connectivity index (χ0v) is 10.4. The first kappa shape index (κ1) is 14.1. The van der Waals surface area contributed by atoms with Crippen LogP contribution in [-0.4, -0.2) is 17.8 Å². The Morgan fingerprint density at radius 3 is 2.18 bits per heavy atom. The van der Waals surface area contributed by atoms with Crippen molar-refractivity contribution in [3.63, 3.8) is 0 Å². The fourth-order valence-corrected chi connectivity index (χ4v) is 1.72. The third-order valence-corrected chi connectivity index (χ3v) is 3.09. The molecule has 0 aliphatic rings. The highest BCUT2D eigenvalue weighted by Crippen LogP contribution is 2.21. The lowest BCUT2D eigenvalue weighted by Crippen LogP contribution is -2.36. The Labute approximate surface area is 101 Å². The SMILES string of the molecule is CC(NC(C)C(C)CO)c1c(F)cccc1F. The molecule has 0 spiro atoms. The van der Waals surface area contributed by atoms with Crippen molar-refractivity contribution in [2.24, 2.45) is 5.92 Å². The van der Waals surface area contributed by atoms with Gasteiger partial charge in [-0.05, 0) is 31.9 Å². The summed E-state index contributed by atoms with van der Waals surface area (Å²) in [7, 11) is 0. The van der Waals surface area contributed by atoms with Crippen LogP contribution in [0, 0.1) is 17.6 Å². The number of halogens is 2. The zero-order valence-electron chi connectivity index (χ0n) is 10.4. The molecule has 4 heteroatoms. The summed E-state index contributed by atoms with van der Waals surface area (Å²) in [5, 5.41) is 12.1. The first-order valence-electron chi connectivity index (χ1n) is 5.78. The molecule has 0 aromatic heterocycles. The molecule has 3 atom stereocenters.